The van der Waals surface area contributed by atoms with Crippen LogP contribution in [-0.4, -0.2) is 43.6 Å². The van der Waals surface area contributed by atoms with Crippen LogP contribution >= 0.6 is 11.8 Å². The van der Waals surface area contributed by atoms with Crippen LogP contribution in [0.4, 0.5) is 18.9 Å². The third-order valence-electron chi connectivity index (χ3n) is 4.66. The van der Waals surface area contributed by atoms with Gasteiger partial charge in [-0.05, 0) is 36.4 Å². The van der Waals surface area contributed by atoms with E-state index in [0.29, 0.717) is 27.5 Å². The van der Waals surface area contributed by atoms with E-state index in [1.807, 2.05) is 0 Å². The third-order valence-corrected chi connectivity index (χ3v) is 5.59. The van der Waals surface area contributed by atoms with E-state index in [1.165, 1.54) is 28.8 Å². The van der Waals surface area contributed by atoms with Crippen LogP contribution in [0, 0.1) is 0 Å². The summed E-state index contributed by atoms with van der Waals surface area (Å²) >= 11 is 1.13. The van der Waals surface area contributed by atoms with Gasteiger partial charge >= 0.3 is 6.18 Å². The van der Waals surface area contributed by atoms with E-state index in [9.17, 15) is 22.8 Å². The molecular weight excluding hydrogens is 471 g/mol. The first-order chi connectivity index (χ1) is 16.3. The minimum Gasteiger partial charge on any atom is -0.484 e. The van der Waals surface area contributed by atoms with Gasteiger partial charge in [-0.1, -0.05) is 30.0 Å². The number of para-hydroxylation sites is 1. The number of fused-ring (bicyclic) bond motifs is 3. The average Bonchev–Trinajstić information content (AvgIpc) is 3.23. The maximum absolute atomic E-state index is 12.8. The fourth-order valence-corrected chi connectivity index (χ4v) is 3.99. The van der Waals surface area contributed by atoms with Crippen molar-refractivity contribution < 1.29 is 22.7 Å². The molecule has 0 bridgehead atoms. The Morgan fingerprint density at radius 3 is 2.59 bits per heavy atom. The number of carbonyl (C=O) groups excluding carboxylic acids is 1. The van der Waals surface area contributed by atoms with Crippen molar-refractivity contribution in [3.63, 3.8) is 0 Å². The molecule has 0 unspecified atom stereocenters. The van der Waals surface area contributed by atoms with Gasteiger partial charge in [-0.25, -0.2) is 0 Å². The number of nitrogens with one attached hydrogen (secondary N) is 1. The number of hydrogen-bond acceptors (Lipinski definition) is 6. The normalized spacial score (nSPS) is 11.6. The van der Waals surface area contributed by atoms with E-state index in [1.54, 1.807) is 34.7 Å². The van der Waals surface area contributed by atoms with Crippen molar-refractivity contribution in [1.82, 2.24) is 19.2 Å². The largest absolute Gasteiger partial charge is 0.484 e. The summed E-state index contributed by atoms with van der Waals surface area (Å²) in [5.74, 6) is 0.00892. The molecule has 34 heavy (non-hydrogen) atoms. The summed E-state index contributed by atoms with van der Waals surface area (Å²) in [5.41, 5.74) is 0.804. The Balaban J connectivity index is 1.49. The molecule has 2 heterocycles. The second-order valence-electron chi connectivity index (χ2n) is 7.10. The van der Waals surface area contributed by atoms with Gasteiger partial charge in [-0.2, -0.15) is 13.2 Å². The zero-order chi connectivity index (χ0) is 24.3. The number of ether oxygens (including phenoxy) is 1. The van der Waals surface area contributed by atoms with Crippen molar-refractivity contribution in [3.8, 4) is 5.75 Å². The maximum atomic E-state index is 12.8. The lowest BCUT2D eigenvalue weighted by Gasteiger charge is -2.10. The Kier molecular flexibility index (Phi) is 6.59. The predicted octanol–water partition coefficient (Wildman–Crippen LogP) is 3.90. The van der Waals surface area contributed by atoms with E-state index in [0.717, 1.165) is 11.8 Å². The molecular formula is C22H18F3N5O3S. The van der Waals surface area contributed by atoms with E-state index < -0.39 is 12.8 Å². The Labute approximate surface area is 195 Å². The van der Waals surface area contributed by atoms with Crippen LogP contribution in [-0.2, 0) is 11.3 Å². The Bertz CT molecular complexity index is 1410. The summed E-state index contributed by atoms with van der Waals surface area (Å²) in [6.45, 7) is 2.54. The molecule has 2 aromatic heterocycles. The fourth-order valence-electron chi connectivity index (χ4n) is 3.25. The number of carbonyl (C=O) groups is 1. The first kappa shape index (κ1) is 23.4. The van der Waals surface area contributed by atoms with E-state index >= 15 is 0 Å². The highest BCUT2D eigenvalue weighted by Gasteiger charge is 2.28. The zero-order valence-corrected chi connectivity index (χ0v) is 18.4. The van der Waals surface area contributed by atoms with Gasteiger partial charge in [0, 0.05) is 12.2 Å². The Morgan fingerprint density at radius 1 is 1.15 bits per heavy atom. The molecule has 4 aromatic rings. The van der Waals surface area contributed by atoms with Crippen molar-refractivity contribution in [2.24, 2.45) is 0 Å². The van der Waals surface area contributed by atoms with Crippen LogP contribution in [0.15, 0.2) is 71.1 Å². The van der Waals surface area contributed by atoms with Gasteiger partial charge < -0.3 is 10.1 Å². The molecule has 2 aromatic carbocycles. The zero-order valence-electron chi connectivity index (χ0n) is 17.6. The summed E-state index contributed by atoms with van der Waals surface area (Å²) < 4.78 is 44.5. The number of rotatable bonds is 8. The van der Waals surface area contributed by atoms with Gasteiger partial charge in [-0.15, -0.1) is 16.8 Å². The molecule has 0 aliphatic carbocycles. The summed E-state index contributed by atoms with van der Waals surface area (Å²) in [7, 11) is 0. The third kappa shape index (κ3) is 5.06. The topological polar surface area (TPSA) is 90.5 Å². The first-order valence-electron chi connectivity index (χ1n) is 9.96. The van der Waals surface area contributed by atoms with Crippen LogP contribution in [0.2, 0.25) is 0 Å². The lowest BCUT2D eigenvalue weighted by Crippen LogP contribution is -2.22. The standard InChI is InChI=1S/C22H18F3N5O3S/c1-2-11-29-19(32)16-5-3-4-6-17(16)30-20(29)27-28-21(30)34-12-18(31)26-14-7-9-15(10-8-14)33-13-22(23,24)25/h2-10H,1,11-13H2,(H,26,31). The lowest BCUT2D eigenvalue weighted by atomic mass is 10.2. The van der Waals surface area contributed by atoms with Crippen LogP contribution < -0.4 is 15.6 Å². The van der Waals surface area contributed by atoms with Gasteiger partial charge in [-0.3, -0.25) is 18.6 Å². The van der Waals surface area contributed by atoms with Gasteiger partial charge in [0.05, 0.1) is 16.7 Å². The number of alkyl halides is 3. The molecule has 0 radical (unpaired) electrons. The van der Waals surface area contributed by atoms with E-state index in [4.69, 9.17) is 0 Å². The molecule has 0 aliphatic heterocycles. The Hall–Kier alpha value is -3.80. The SMILES string of the molecule is C=CCn1c(=O)c2ccccc2n2c(SCC(=O)Nc3ccc(OCC(F)(F)F)cc3)nnc12. The van der Waals surface area contributed by atoms with Crippen molar-refractivity contribution in [1.29, 1.82) is 0 Å². The lowest BCUT2D eigenvalue weighted by molar-refractivity contribution is -0.153. The second kappa shape index (κ2) is 9.59. The predicted molar refractivity (Wildman–Crippen MR) is 122 cm³/mol. The number of anilines is 1. The van der Waals surface area contributed by atoms with E-state index in [2.05, 4.69) is 26.8 Å². The molecule has 0 aliphatic rings. The highest BCUT2D eigenvalue weighted by atomic mass is 32.2. The number of aromatic nitrogens is 4. The monoisotopic (exact) mass is 489 g/mol. The van der Waals surface area contributed by atoms with Gasteiger partial charge in [0.15, 0.2) is 11.8 Å². The first-order valence-corrected chi connectivity index (χ1v) is 11.0. The molecule has 0 saturated carbocycles. The van der Waals surface area contributed by atoms with Crippen molar-refractivity contribution in [3.05, 3.63) is 71.5 Å². The molecule has 176 valence electrons. The molecule has 4 rings (SSSR count). The maximum Gasteiger partial charge on any atom is 0.422 e. The second-order valence-corrected chi connectivity index (χ2v) is 8.05. The summed E-state index contributed by atoms with van der Waals surface area (Å²) in [6, 6.07) is 12.6. The number of halogens is 3. The smallest absolute Gasteiger partial charge is 0.422 e. The van der Waals surface area contributed by atoms with Gasteiger partial charge in [0.25, 0.3) is 5.56 Å². The number of thioether (sulfide) groups is 1. The summed E-state index contributed by atoms with van der Waals surface area (Å²) in [5, 5.41) is 11.9. The molecule has 1 N–H and O–H groups in total. The van der Waals surface area contributed by atoms with Crippen molar-refractivity contribution >= 4 is 40.0 Å². The van der Waals surface area contributed by atoms with Gasteiger partial charge in [0.1, 0.15) is 5.75 Å². The highest BCUT2D eigenvalue weighted by molar-refractivity contribution is 7.99. The summed E-state index contributed by atoms with van der Waals surface area (Å²) in [4.78, 5) is 25.3. The quantitative estimate of drug-likeness (QED) is 0.298. The number of benzene rings is 2. The molecule has 0 saturated heterocycles. The van der Waals surface area contributed by atoms with Crippen LogP contribution in [0.3, 0.4) is 0 Å². The van der Waals surface area contributed by atoms with Gasteiger partial charge in [0.2, 0.25) is 11.7 Å². The minimum absolute atomic E-state index is 0.0119. The van der Waals surface area contributed by atoms with Crippen LogP contribution in [0.25, 0.3) is 16.7 Å². The van der Waals surface area contributed by atoms with Crippen LogP contribution in [0.1, 0.15) is 0 Å². The summed E-state index contributed by atoms with van der Waals surface area (Å²) in [6.07, 6.45) is -2.84. The minimum atomic E-state index is -4.43. The highest BCUT2D eigenvalue weighted by Crippen LogP contribution is 2.23. The van der Waals surface area contributed by atoms with Crippen molar-refractivity contribution in [2.75, 3.05) is 17.7 Å². The average molecular weight is 489 g/mol. The molecule has 12 heteroatoms. The van der Waals surface area contributed by atoms with E-state index in [-0.39, 0.29) is 29.5 Å². The molecule has 8 nitrogen and oxygen atoms in total. The number of hydrogen-bond donors (Lipinski definition) is 1. The molecule has 0 fully saturated rings. The number of nitrogens with zero attached hydrogens (tertiary/aromatic N) is 4. The Morgan fingerprint density at radius 2 is 1.88 bits per heavy atom. The van der Waals surface area contributed by atoms with Crippen molar-refractivity contribution in [2.45, 2.75) is 17.9 Å². The number of amides is 1. The van der Waals surface area contributed by atoms with Crippen LogP contribution in [0.5, 0.6) is 5.75 Å². The molecule has 0 spiro atoms. The number of allylic oxidation sites excluding steroid dienone is 1. The fraction of sp³-hybridized carbons (Fsp3) is 0.182. The molecule has 1 amide bonds. The molecule has 0 atom stereocenters.